The van der Waals surface area contributed by atoms with E-state index >= 15 is 0 Å². The zero-order chi connectivity index (χ0) is 18.1. The van der Waals surface area contributed by atoms with E-state index in [-0.39, 0.29) is 23.6 Å². The molecule has 0 saturated heterocycles. The first-order chi connectivity index (χ1) is 11.4. The molecule has 1 aromatic carbocycles. The van der Waals surface area contributed by atoms with E-state index in [1.54, 1.807) is 25.3 Å². The summed E-state index contributed by atoms with van der Waals surface area (Å²) in [4.78, 5) is 13.7. The predicted octanol–water partition coefficient (Wildman–Crippen LogP) is 2.55. The molecule has 0 bridgehead atoms. The molecule has 2 rings (SSSR count). The lowest BCUT2D eigenvalue weighted by Crippen LogP contribution is -2.19. The molecule has 0 aromatic heterocycles. The fraction of sp³-hybridized carbons (Fsp3) is 0.412. The molecular formula is C17H20FNO4S. The van der Waals surface area contributed by atoms with E-state index in [0.29, 0.717) is 29.7 Å². The van der Waals surface area contributed by atoms with E-state index in [4.69, 9.17) is 14.7 Å². The Morgan fingerprint density at radius 1 is 1.58 bits per heavy atom. The van der Waals surface area contributed by atoms with E-state index in [0.717, 1.165) is 0 Å². The van der Waals surface area contributed by atoms with Crippen LogP contribution in [0.2, 0.25) is 0 Å². The molecule has 0 radical (unpaired) electrons. The smallest absolute Gasteiger partial charge is 0.290 e. The van der Waals surface area contributed by atoms with Gasteiger partial charge in [-0.05, 0) is 25.1 Å². The van der Waals surface area contributed by atoms with Gasteiger partial charge in [0.1, 0.15) is 11.9 Å². The van der Waals surface area contributed by atoms with Gasteiger partial charge >= 0.3 is 0 Å². The molecule has 1 aliphatic rings. The molecule has 1 aliphatic heterocycles. The van der Waals surface area contributed by atoms with Gasteiger partial charge in [-0.3, -0.25) is 9.00 Å². The van der Waals surface area contributed by atoms with Crippen molar-refractivity contribution < 1.29 is 23.3 Å². The van der Waals surface area contributed by atoms with Crippen LogP contribution in [0.5, 0.6) is 0 Å². The number of nitrogens with zero attached hydrogens (tertiary/aromatic N) is 1. The zero-order valence-electron chi connectivity index (χ0n) is 13.8. The summed E-state index contributed by atoms with van der Waals surface area (Å²) in [7, 11) is -0.892. The van der Waals surface area contributed by atoms with Gasteiger partial charge in [-0.2, -0.15) is 0 Å². The van der Waals surface area contributed by atoms with E-state index < -0.39 is 10.8 Å². The minimum absolute atomic E-state index is 0.0385. The number of carbonyl (C=O) groups is 1. The summed E-state index contributed by atoms with van der Waals surface area (Å²) in [5.41, 5.74) is 1.69. The minimum atomic E-state index is -0.892. The van der Waals surface area contributed by atoms with Crippen LogP contribution in [0.25, 0.3) is 0 Å². The molecule has 7 heteroatoms. The summed E-state index contributed by atoms with van der Waals surface area (Å²) >= 11 is 0. The van der Waals surface area contributed by atoms with E-state index in [9.17, 15) is 8.60 Å². The zero-order valence-corrected chi connectivity index (χ0v) is 14.6. The van der Waals surface area contributed by atoms with Gasteiger partial charge in [-0.15, -0.1) is 5.92 Å². The third kappa shape index (κ3) is 5.78. The van der Waals surface area contributed by atoms with Crippen molar-refractivity contribution in [3.05, 3.63) is 35.1 Å². The highest BCUT2D eigenvalue weighted by Gasteiger charge is 2.26. The van der Waals surface area contributed by atoms with Crippen LogP contribution in [0.15, 0.2) is 23.4 Å². The first-order valence-electron chi connectivity index (χ1n) is 7.28. The van der Waals surface area contributed by atoms with Crippen LogP contribution in [0.1, 0.15) is 37.8 Å². The van der Waals surface area contributed by atoms with Gasteiger partial charge < -0.3 is 9.94 Å². The molecule has 0 saturated carbocycles. The van der Waals surface area contributed by atoms with E-state index in [2.05, 4.69) is 17.0 Å². The van der Waals surface area contributed by atoms with Gasteiger partial charge in [0.25, 0.3) is 6.47 Å². The summed E-state index contributed by atoms with van der Waals surface area (Å²) < 4.78 is 25.5. The number of hydrogen-bond acceptors (Lipinski definition) is 4. The average Bonchev–Trinajstić information content (AvgIpc) is 2.96. The molecule has 24 heavy (non-hydrogen) atoms. The van der Waals surface area contributed by atoms with Crippen LogP contribution < -0.4 is 0 Å². The molecule has 3 atom stereocenters. The third-order valence-electron chi connectivity index (χ3n) is 3.44. The van der Waals surface area contributed by atoms with E-state index in [1.165, 1.54) is 6.07 Å². The number of carboxylic acid groups (broad SMARTS) is 1. The number of benzene rings is 1. The maximum Gasteiger partial charge on any atom is 0.290 e. The summed E-state index contributed by atoms with van der Waals surface area (Å²) in [6, 6.07) is 4.86. The molecule has 0 fully saturated rings. The molecule has 1 heterocycles. The predicted molar refractivity (Wildman–Crippen MR) is 91.8 cm³/mol. The topological polar surface area (TPSA) is 76.0 Å². The molecule has 0 aliphatic carbocycles. The fourth-order valence-corrected chi connectivity index (χ4v) is 2.68. The van der Waals surface area contributed by atoms with Crippen LogP contribution in [0, 0.1) is 17.7 Å². The molecule has 0 spiro atoms. The SMILES string of the molecule is CC#Cc1ccc(C2=NOC(CC(C)S(C)=O)C2)c(F)c1.O=CO. The van der Waals surface area contributed by atoms with Crippen LogP contribution in [-0.4, -0.2) is 39.1 Å². The fourth-order valence-electron chi connectivity index (χ4n) is 2.19. The van der Waals surface area contributed by atoms with Gasteiger partial charge in [0.2, 0.25) is 0 Å². The number of hydrogen-bond donors (Lipinski definition) is 1. The van der Waals surface area contributed by atoms with Crippen molar-refractivity contribution in [2.75, 3.05) is 6.26 Å². The lowest BCUT2D eigenvalue weighted by molar-refractivity contribution is -0.122. The highest BCUT2D eigenvalue weighted by Crippen LogP contribution is 2.23. The van der Waals surface area contributed by atoms with E-state index in [1.807, 2.05) is 6.92 Å². The molecular weight excluding hydrogens is 333 g/mol. The Morgan fingerprint density at radius 2 is 2.25 bits per heavy atom. The Morgan fingerprint density at radius 3 is 2.79 bits per heavy atom. The van der Waals surface area contributed by atoms with Crippen molar-refractivity contribution in [2.24, 2.45) is 5.16 Å². The highest BCUT2D eigenvalue weighted by molar-refractivity contribution is 7.84. The standard InChI is InChI=1S/C16H18FNO2S.CH2O2/c1-4-5-12-6-7-14(15(17)9-12)16-10-13(20-18-16)8-11(2)21(3)19;2-1-3/h6-7,9,11,13H,8,10H2,1-3H3;1H,(H,2,3). The number of halogens is 1. The summed E-state index contributed by atoms with van der Waals surface area (Å²) in [6.07, 6.45) is 2.73. The Hall–Kier alpha value is -2.20. The van der Waals surface area contributed by atoms with Crippen molar-refractivity contribution in [2.45, 2.75) is 38.0 Å². The Labute approximate surface area is 143 Å². The maximum absolute atomic E-state index is 14.1. The third-order valence-corrected chi connectivity index (χ3v) is 4.77. The van der Waals surface area contributed by atoms with Crippen molar-refractivity contribution in [1.82, 2.24) is 0 Å². The Kier molecular flexibility index (Phi) is 8.13. The second kappa shape index (κ2) is 9.83. The Bertz CT molecular complexity index is 694. The molecule has 5 nitrogen and oxygen atoms in total. The van der Waals surface area contributed by atoms with Gasteiger partial charge in [-0.25, -0.2) is 4.39 Å². The normalized spacial score (nSPS) is 18.0. The van der Waals surface area contributed by atoms with Gasteiger partial charge in [0.15, 0.2) is 0 Å². The summed E-state index contributed by atoms with van der Waals surface area (Å²) in [5.74, 6) is 5.22. The maximum atomic E-state index is 14.1. The van der Waals surface area contributed by atoms with Crippen LogP contribution in [-0.2, 0) is 20.4 Å². The monoisotopic (exact) mass is 353 g/mol. The van der Waals surface area contributed by atoms with Gasteiger partial charge in [0.05, 0.1) is 5.71 Å². The first kappa shape index (κ1) is 19.8. The van der Waals surface area contributed by atoms with Crippen molar-refractivity contribution in [3.8, 4) is 11.8 Å². The van der Waals surface area contributed by atoms with Gasteiger partial charge in [0, 0.05) is 46.3 Å². The van der Waals surface area contributed by atoms with Crippen molar-refractivity contribution in [3.63, 3.8) is 0 Å². The van der Waals surface area contributed by atoms with Crippen LogP contribution in [0.3, 0.4) is 0 Å². The molecule has 1 N–H and O–H groups in total. The van der Waals surface area contributed by atoms with Gasteiger partial charge in [-0.1, -0.05) is 18.0 Å². The van der Waals surface area contributed by atoms with Crippen LogP contribution >= 0.6 is 0 Å². The summed E-state index contributed by atoms with van der Waals surface area (Å²) in [5, 5.41) is 10.9. The Balaban J connectivity index is 0.000000891. The lowest BCUT2D eigenvalue weighted by atomic mass is 10.0. The molecule has 1 aromatic rings. The average molecular weight is 353 g/mol. The number of rotatable bonds is 4. The lowest BCUT2D eigenvalue weighted by Gasteiger charge is -2.12. The second-order valence-electron chi connectivity index (χ2n) is 5.19. The largest absolute Gasteiger partial charge is 0.483 e. The number of oxime groups is 1. The van der Waals surface area contributed by atoms with Crippen LogP contribution in [0.4, 0.5) is 4.39 Å². The highest BCUT2D eigenvalue weighted by atomic mass is 32.2. The minimum Gasteiger partial charge on any atom is -0.483 e. The molecule has 3 unspecified atom stereocenters. The second-order valence-corrected chi connectivity index (χ2v) is 6.99. The molecule has 0 amide bonds. The molecule has 130 valence electrons. The first-order valence-corrected chi connectivity index (χ1v) is 8.90. The van der Waals surface area contributed by atoms with Crippen molar-refractivity contribution in [1.29, 1.82) is 0 Å². The summed E-state index contributed by atoms with van der Waals surface area (Å²) in [6.45, 7) is 3.38. The quantitative estimate of drug-likeness (QED) is 0.667. The van der Waals surface area contributed by atoms with Crippen molar-refractivity contribution >= 4 is 23.0 Å².